The Labute approximate surface area is 282 Å². The van der Waals surface area contributed by atoms with Gasteiger partial charge >= 0.3 is 0 Å². The molecule has 0 amide bonds. The van der Waals surface area contributed by atoms with Crippen molar-refractivity contribution < 1.29 is 0 Å². The van der Waals surface area contributed by atoms with Crippen molar-refractivity contribution >= 4 is 51.8 Å². The number of rotatable bonds is 9. The van der Waals surface area contributed by atoms with Crippen molar-refractivity contribution in [2.75, 3.05) is 4.90 Å². The summed E-state index contributed by atoms with van der Waals surface area (Å²) in [6, 6.07) is 54.1. The van der Waals surface area contributed by atoms with Crippen LogP contribution >= 0.6 is 23.2 Å². The highest BCUT2D eigenvalue weighted by atomic mass is 35.5. The molecule has 0 aliphatic heterocycles. The molecule has 1 nitrogen and oxygen atoms in total. The minimum Gasteiger partial charge on any atom is -0.317 e. The van der Waals surface area contributed by atoms with Gasteiger partial charge in [0.25, 0.3) is 0 Å². The van der Waals surface area contributed by atoms with Crippen LogP contribution in [0.2, 0.25) is 10.0 Å². The van der Waals surface area contributed by atoms with Gasteiger partial charge in [-0.05, 0) is 88.8 Å². The Morgan fingerprint density at radius 2 is 0.913 bits per heavy atom. The molecule has 0 aliphatic rings. The number of hydrogen-bond donors (Lipinski definition) is 0. The third-order valence-corrected chi connectivity index (χ3v) is 8.28. The maximum Gasteiger partial charge on any atom is 0.0456 e. The lowest BCUT2D eigenvalue weighted by atomic mass is 9.97. The predicted octanol–water partition coefficient (Wildman–Crippen LogP) is 12.7. The number of nitrogens with zero attached hydrogens (tertiary/aromatic N) is 1. The van der Waals surface area contributed by atoms with Crippen LogP contribution in [-0.2, 0) is 0 Å². The van der Waals surface area contributed by atoms with Crippen molar-refractivity contribution in [2.24, 2.45) is 0 Å². The summed E-state index contributed by atoms with van der Waals surface area (Å²) in [7, 11) is 0. The minimum absolute atomic E-state index is 0.702. The van der Waals surface area contributed by atoms with E-state index < -0.39 is 0 Å². The summed E-state index contributed by atoms with van der Waals surface area (Å²) in [6.07, 6.45) is 8.65. The van der Waals surface area contributed by atoms with Gasteiger partial charge in [0.15, 0.2) is 0 Å². The average molecular weight is 635 g/mol. The number of halogens is 2. The fourth-order valence-corrected chi connectivity index (χ4v) is 5.56. The van der Waals surface area contributed by atoms with E-state index in [4.69, 9.17) is 23.2 Å². The van der Waals surface area contributed by atoms with E-state index in [1.807, 2.05) is 36.4 Å². The summed E-state index contributed by atoms with van der Waals surface area (Å²) in [5.74, 6) is 0. The number of anilines is 2. The molecule has 0 N–H and O–H groups in total. The fourth-order valence-electron chi connectivity index (χ4n) is 5.30. The summed E-state index contributed by atoms with van der Waals surface area (Å²) < 4.78 is 0. The first kappa shape index (κ1) is 30.9. The van der Waals surface area contributed by atoms with Crippen molar-refractivity contribution in [3.05, 3.63) is 220 Å². The van der Waals surface area contributed by atoms with Crippen LogP contribution in [-0.4, -0.2) is 0 Å². The van der Waals surface area contributed by atoms with Crippen molar-refractivity contribution in [1.82, 2.24) is 0 Å². The smallest absolute Gasteiger partial charge is 0.0456 e. The van der Waals surface area contributed by atoms with Gasteiger partial charge in [-0.3, -0.25) is 0 Å². The van der Waals surface area contributed by atoms with Crippen LogP contribution in [0.25, 0.3) is 17.2 Å². The summed E-state index contributed by atoms with van der Waals surface area (Å²) in [5, 5.41) is 1.40. The van der Waals surface area contributed by atoms with Gasteiger partial charge < -0.3 is 4.90 Å². The molecule has 0 radical (unpaired) electrons. The van der Waals surface area contributed by atoms with E-state index in [1.54, 1.807) is 0 Å². The average Bonchev–Trinajstić information content (AvgIpc) is 3.10. The normalized spacial score (nSPS) is 10.8. The summed E-state index contributed by atoms with van der Waals surface area (Å²) in [4.78, 5) is 2.23. The Bertz CT molecular complexity index is 1870. The van der Waals surface area contributed by atoms with Crippen molar-refractivity contribution in [2.45, 2.75) is 6.92 Å². The maximum atomic E-state index is 6.27. The summed E-state index contributed by atoms with van der Waals surface area (Å²) in [6.45, 7) is 2.10. The number of hydrogen-bond acceptors (Lipinski definition) is 1. The van der Waals surface area contributed by atoms with Crippen molar-refractivity contribution in [1.29, 1.82) is 0 Å². The van der Waals surface area contributed by atoms with E-state index in [2.05, 4.69) is 158 Å². The zero-order chi connectivity index (χ0) is 31.7. The van der Waals surface area contributed by atoms with Gasteiger partial charge in [-0.1, -0.05) is 156 Å². The topological polar surface area (TPSA) is 3.24 Å². The second-order valence-electron chi connectivity index (χ2n) is 11.0. The molecule has 0 fully saturated rings. The van der Waals surface area contributed by atoms with Crippen LogP contribution in [0, 0.1) is 6.92 Å². The molecule has 0 atom stereocenters. The Kier molecular flexibility index (Phi) is 9.95. The largest absolute Gasteiger partial charge is 0.317 e. The lowest BCUT2D eigenvalue weighted by molar-refractivity contribution is 1.27. The summed E-state index contributed by atoms with van der Waals surface area (Å²) in [5.41, 5.74) is 11.2. The molecule has 6 aromatic carbocycles. The first-order valence-corrected chi connectivity index (χ1v) is 16.0. The molecule has 0 spiro atoms. The number of aryl methyl sites for hydroxylation is 1. The molecule has 0 saturated heterocycles. The Morgan fingerprint density at radius 1 is 0.478 bits per heavy atom. The van der Waals surface area contributed by atoms with Gasteiger partial charge in [-0.25, -0.2) is 0 Å². The van der Waals surface area contributed by atoms with Crippen LogP contribution in [0.4, 0.5) is 11.4 Å². The van der Waals surface area contributed by atoms with E-state index in [0.717, 1.165) is 33.6 Å². The molecular weight excluding hydrogens is 601 g/mol. The highest BCUT2D eigenvalue weighted by Gasteiger charge is 2.13. The summed E-state index contributed by atoms with van der Waals surface area (Å²) >= 11 is 12.5. The first-order chi connectivity index (χ1) is 22.5. The molecule has 6 aromatic rings. The zero-order valence-electron chi connectivity index (χ0n) is 25.5. The molecule has 3 heteroatoms. The first-order valence-electron chi connectivity index (χ1n) is 15.2. The molecule has 46 heavy (non-hydrogen) atoms. The molecule has 0 aliphatic carbocycles. The number of allylic oxidation sites excluding steroid dienone is 2. The standard InChI is InChI=1S/C43H33Cl2N/c1-32-15-27-40(28-16-32)46(31-43(36-19-23-38(44)24-20-36)37-21-25-39(45)26-22-37)41-29-17-33(18-30-41)9-8-14-42(34-10-4-2-5-11-34)35-12-6-3-7-13-35/h2-31H,1H3. The van der Waals surface area contributed by atoms with Gasteiger partial charge in [-0.2, -0.15) is 0 Å². The highest BCUT2D eigenvalue weighted by Crippen LogP contribution is 2.33. The van der Waals surface area contributed by atoms with E-state index in [0.29, 0.717) is 10.0 Å². The SMILES string of the molecule is Cc1ccc(N(C=C(c2ccc(Cl)cc2)c2ccc(Cl)cc2)c2ccc(C=CC=C(c3ccccc3)c3ccccc3)cc2)cc1. The monoisotopic (exact) mass is 633 g/mol. The molecule has 6 rings (SSSR count). The molecule has 0 unspecified atom stereocenters. The van der Waals surface area contributed by atoms with Crippen molar-refractivity contribution in [3.8, 4) is 0 Å². The zero-order valence-corrected chi connectivity index (χ0v) is 27.0. The van der Waals surface area contributed by atoms with Gasteiger partial charge in [0.05, 0.1) is 0 Å². The van der Waals surface area contributed by atoms with E-state index >= 15 is 0 Å². The van der Waals surface area contributed by atoms with Crippen LogP contribution in [0.5, 0.6) is 0 Å². The minimum atomic E-state index is 0.702. The van der Waals surface area contributed by atoms with E-state index in [9.17, 15) is 0 Å². The molecule has 224 valence electrons. The van der Waals surface area contributed by atoms with Crippen LogP contribution < -0.4 is 4.90 Å². The Hall–Kier alpha value is -5.08. The predicted molar refractivity (Wildman–Crippen MR) is 199 cm³/mol. The molecular formula is C43H33Cl2N. The Balaban J connectivity index is 1.37. The van der Waals surface area contributed by atoms with Crippen LogP contribution in [0.3, 0.4) is 0 Å². The van der Waals surface area contributed by atoms with Gasteiger partial charge in [0, 0.05) is 33.2 Å². The lowest BCUT2D eigenvalue weighted by Crippen LogP contribution is -2.10. The number of benzene rings is 6. The van der Waals surface area contributed by atoms with Gasteiger partial charge in [-0.15, -0.1) is 0 Å². The second-order valence-corrected chi connectivity index (χ2v) is 11.9. The third-order valence-electron chi connectivity index (χ3n) is 7.77. The molecule has 0 bridgehead atoms. The maximum absolute atomic E-state index is 6.27. The van der Waals surface area contributed by atoms with E-state index in [-0.39, 0.29) is 0 Å². The Morgan fingerprint density at radius 3 is 1.39 bits per heavy atom. The molecule has 0 aromatic heterocycles. The fraction of sp³-hybridized carbons (Fsp3) is 0.0233. The van der Waals surface area contributed by atoms with E-state index in [1.165, 1.54) is 22.3 Å². The molecule has 0 heterocycles. The quantitative estimate of drug-likeness (QED) is 0.143. The highest BCUT2D eigenvalue weighted by molar-refractivity contribution is 6.31. The van der Waals surface area contributed by atoms with Gasteiger partial charge in [0.1, 0.15) is 0 Å². The van der Waals surface area contributed by atoms with Gasteiger partial charge in [0.2, 0.25) is 0 Å². The molecule has 0 saturated carbocycles. The second kappa shape index (κ2) is 14.8. The van der Waals surface area contributed by atoms with Crippen molar-refractivity contribution in [3.63, 3.8) is 0 Å². The third kappa shape index (κ3) is 7.76. The van der Waals surface area contributed by atoms with Crippen LogP contribution in [0.15, 0.2) is 176 Å². The van der Waals surface area contributed by atoms with Crippen LogP contribution in [0.1, 0.15) is 33.4 Å². The lowest BCUT2D eigenvalue weighted by Gasteiger charge is -2.24.